The molecule has 0 amide bonds. The van der Waals surface area contributed by atoms with Crippen molar-refractivity contribution >= 4 is 0 Å². The van der Waals surface area contributed by atoms with E-state index in [1.54, 1.807) is 6.07 Å². The molecule has 3 N–H and O–H groups in total. The molecule has 1 saturated carbocycles. The third-order valence-electron chi connectivity index (χ3n) is 2.81. The van der Waals surface area contributed by atoms with E-state index in [1.165, 1.54) is 5.56 Å². The van der Waals surface area contributed by atoms with Crippen molar-refractivity contribution in [2.24, 2.45) is 5.73 Å². The van der Waals surface area contributed by atoms with Crippen LogP contribution >= 0.6 is 0 Å². The van der Waals surface area contributed by atoms with Gasteiger partial charge in [0.1, 0.15) is 5.75 Å². The first-order chi connectivity index (χ1) is 6.25. The van der Waals surface area contributed by atoms with E-state index in [9.17, 15) is 5.11 Å². The van der Waals surface area contributed by atoms with Crippen LogP contribution in [0.3, 0.4) is 0 Å². The number of benzene rings is 1. The number of rotatable bonds is 1. The molecule has 0 radical (unpaired) electrons. The van der Waals surface area contributed by atoms with Crippen LogP contribution < -0.4 is 5.73 Å². The summed E-state index contributed by atoms with van der Waals surface area (Å²) < 4.78 is 0. The first kappa shape index (κ1) is 8.57. The predicted molar refractivity (Wildman–Crippen MR) is 52.7 cm³/mol. The van der Waals surface area contributed by atoms with E-state index in [2.05, 4.69) is 6.07 Å². The van der Waals surface area contributed by atoms with Crippen LogP contribution in [0.25, 0.3) is 0 Å². The molecule has 0 bridgehead atoms. The van der Waals surface area contributed by atoms with Crippen molar-refractivity contribution in [3.8, 4) is 5.75 Å². The minimum atomic E-state index is 0.354. The van der Waals surface area contributed by atoms with Gasteiger partial charge in [-0.1, -0.05) is 12.1 Å². The molecule has 2 rings (SSSR count). The van der Waals surface area contributed by atoms with E-state index in [0.717, 1.165) is 19.3 Å². The molecule has 2 heteroatoms. The molecule has 1 aromatic carbocycles. The summed E-state index contributed by atoms with van der Waals surface area (Å²) in [5.41, 5.74) is 7.07. The second-order valence-corrected chi connectivity index (χ2v) is 3.87. The van der Waals surface area contributed by atoms with Crippen LogP contribution in [0.15, 0.2) is 24.3 Å². The second-order valence-electron chi connectivity index (χ2n) is 3.87. The fraction of sp³-hybridized carbons (Fsp3) is 0.455. The molecular weight excluding hydrogens is 162 g/mol. The molecule has 1 aliphatic carbocycles. The Kier molecular flexibility index (Phi) is 2.23. The van der Waals surface area contributed by atoms with E-state index in [0.29, 0.717) is 17.7 Å². The molecule has 2 unspecified atom stereocenters. The second kappa shape index (κ2) is 3.38. The van der Waals surface area contributed by atoms with Gasteiger partial charge in [0.2, 0.25) is 0 Å². The van der Waals surface area contributed by atoms with Crippen molar-refractivity contribution in [3.63, 3.8) is 0 Å². The molecule has 0 spiro atoms. The predicted octanol–water partition coefficient (Wildman–Crippen LogP) is 1.99. The average Bonchev–Trinajstić information content (AvgIpc) is 2.52. The molecule has 1 aliphatic rings. The standard InChI is InChI=1S/C11H15NO/c12-10-5-4-9(6-10)8-2-1-3-11(13)7-8/h1-3,7,9-10,13H,4-6,12H2. The van der Waals surface area contributed by atoms with Gasteiger partial charge in [-0.05, 0) is 42.9 Å². The molecule has 70 valence electrons. The van der Waals surface area contributed by atoms with E-state index in [1.807, 2.05) is 12.1 Å². The zero-order valence-electron chi connectivity index (χ0n) is 7.61. The van der Waals surface area contributed by atoms with Crippen LogP contribution in [0.5, 0.6) is 5.75 Å². The van der Waals surface area contributed by atoms with Crippen molar-refractivity contribution in [2.45, 2.75) is 31.2 Å². The number of nitrogens with two attached hydrogens (primary N) is 1. The van der Waals surface area contributed by atoms with Gasteiger partial charge < -0.3 is 10.8 Å². The van der Waals surface area contributed by atoms with Crippen molar-refractivity contribution in [1.82, 2.24) is 0 Å². The molecule has 1 aromatic rings. The SMILES string of the molecule is NC1CCC(c2cccc(O)c2)C1. The summed E-state index contributed by atoms with van der Waals surface area (Å²) in [5.74, 6) is 0.917. The summed E-state index contributed by atoms with van der Waals surface area (Å²) in [6.45, 7) is 0. The largest absolute Gasteiger partial charge is 0.508 e. The summed E-state index contributed by atoms with van der Waals surface area (Å²) in [6, 6.07) is 7.88. The van der Waals surface area contributed by atoms with Gasteiger partial charge >= 0.3 is 0 Å². The fourth-order valence-electron chi connectivity index (χ4n) is 2.10. The molecular formula is C11H15NO. The number of phenolic OH excluding ortho intramolecular Hbond substituents is 1. The summed E-state index contributed by atoms with van der Waals surface area (Å²) >= 11 is 0. The molecule has 2 atom stereocenters. The molecule has 13 heavy (non-hydrogen) atoms. The van der Waals surface area contributed by atoms with Gasteiger partial charge in [0.25, 0.3) is 0 Å². The van der Waals surface area contributed by atoms with Crippen LogP contribution in [-0.2, 0) is 0 Å². The minimum absolute atomic E-state index is 0.354. The summed E-state index contributed by atoms with van der Waals surface area (Å²) in [7, 11) is 0. The monoisotopic (exact) mass is 177 g/mol. The molecule has 0 heterocycles. The van der Waals surface area contributed by atoms with Gasteiger partial charge in [-0.25, -0.2) is 0 Å². The van der Waals surface area contributed by atoms with Crippen LogP contribution in [0.1, 0.15) is 30.7 Å². The molecule has 1 fully saturated rings. The van der Waals surface area contributed by atoms with Gasteiger partial charge in [0, 0.05) is 6.04 Å². The van der Waals surface area contributed by atoms with Crippen molar-refractivity contribution in [2.75, 3.05) is 0 Å². The lowest BCUT2D eigenvalue weighted by atomic mass is 9.97. The highest BCUT2D eigenvalue weighted by Crippen LogP contribution is 2.34. The molecule has 0 saturated heterocycles. The van der Waals surface area contributed by atoms with Gasteiger partial charge in [-0.2, -0.15) is 0 Å². The van der Waals surface area contributed by atoms with Crippen molar-refractivity contribution < 1.29 is 5.11 Å². The smallest absolute Gasteiger partial charge is 0.115 e. The quantitative estimate of drug-likeness (QED) is 0.689. The lowest BCUT2D eigenvalue weighted by Crippen LogP contribution is -2.14. The Labute approximate surface area is 78.4 Å². The summed E-state index contributed by atoms with van der Waals surface area (Å²) in [4.78, 5) is 0. The van der Waals surface area contributed by atoms with Gasteiger partial charge in [-0.3, -0.25) is 0 Å². The van der Waals surface area contributed by atoms with Gasteiger partial charge in [0.15, 0.2) is 0 Å². The fourth-order valence-corrected chi connectivity index (χ4v) is 2.10. The van der Waals surface area contributed by atoms with E-state index in [-0.39, 0.29) is 0 Å². The highest BCUT2D eigenvalue weighted by molar-refractivity contribution is 5.30. The topological polar surface area (TPSA) is 46.2 Å². The maximum Gasteiger partial charge on any atom is 0.115 e. The van der Waals surface area contributed by atoms with Gasteiger partial charge in [0.05, 0.1) is 0 Å². The lowest BCUT2D eigenvalue weighted by molar-refractivity contribution is 0.473. The Morgan fingerprint density at radius 1 is 1.31 bits per heavy atom. The van der Waals surface area contributed by atoms with Crippen LogP contribution in [0, 0.1) is 0 Å². The molecule has 0 aliphatic heterocycles. The molecule has 0 aromatic heterocycles. The normalized spacial score (nSPS) is 27.8. The Morgan fingerprint density at radius 3 is 2.77 bits per heavy atom. The highest BCUT2D eigenvalue weighted by atomic mass is 16.3. The minimum Gasteiger partial charge on any atom is -0.508 e. The Balaban J connectivity index is 2.16. The van der Waals surface area contributed by atoms with Crippen LogP contribution in [-0.4, -0.2) is 11.1 Å². The van der Waals surface area contributed by atoms with Crippen molar-refractivity contribution in [1.29, 1.82) is 0 Å². The number of hydrogen-bond acceptors (Lipinski definition) is 2. The number of hydrogen-bond donors (Lipinski definition) is 2. The third kappa shape index (κ3) is 1.83. The summed E-state index contributed by atoms with van der Waals surface area (Å²) in [5, 5.41) is 9.31. The Morgan fingerprint density at radius 2 is 2.15 bits per heavy atom. The first-order valence-corrected chi connectivity index (χ1v) is 4.80. The lowest BCUT2D eigenvalue weighted by Gasteiger charge is -2.09. The number of phenols is 1. The average molecular weight is 177 g/mol. The maximum atomic E-state index is 9.31. The van der Waals surface area contributed by atoms with Crippen LogP contribution in [0.2, 0.25) is 0 Å². The van der Waals surface area contributed by atoms with Crippen molar-refractivity contribution in [3.05, 3.63) is 29.8 Å². The van der Waals surface area contributed by atoms with Gasteiger partial charge in [-0.15, -0.1) is 0 Å². The first-order valence-electron chi connectivity index (χ1n) is 4.80. The van der Waals surface area contributed by atoms with E-state index in [4.69, 9.17) is 5.73 Å². The maximum absolute atomic E-state index is 9.31. The molecule has 2 nitrogen and oxygen atoms in total. The Bertz CT molecular complexity index is 298. The van der Waals surface area contributed by atoms with Crippen LogP contribution in [0.4, 0.5) is 0 Å². The highest BCUT2D eigenvalue weighted by Gasteiger charge is 2.22. The Hall–Kier alpha value is -1.02. The third-order valence-corrected chi connectivity index (χ3v) is 2.81. The zero-order chi connectivity index (χ0) is 9.26. The number of aromatic hydroxyl groups is 1. The van der Waals surface area contributed by atoms with E-state index < -0.39 is 0 Å². The van der Waals surface area contributed by atoms with E-state index >= 15 is 0 Å². The summed E-state index contributed by atoms with van der Waals surface area (Å²) in [6.07, 6.45) is 3.33. The zero-order valence-corrected chi connectivity index (χ0v) is 7.61.